The molecule has 0 atom stereocenters. The van der Waals surface area contributed by atoms with E-state index in [1.54, 1.807) is 0 Å². The molecule has 0 unspecified atom stereocenters. The summed E-state index contributed by atoms with van der Waals surface area (Å²) in [4.78, 5) is 26.7. The van der Waals surface area contributed by atoms with Crippen molar-refractivity contribution in [1.29, 1.82) is 0 Å². The number of ketones is 1. The Bertz CT molecular complexity index is 945. The minimum Gasteiger partial charge on any atom is -0.505 e. The number of nitrogens with zero attached hydrogens (tertiary/aromatic N) is 2. The molecule has 5 nitrogen and oxygen atoms in total. The number of aromatic hydroxyl groups is 1. The quantitative estimate of drug-likeness (QED) is 0.835. The molecule has 2 heterocycles. The van der Waals surface area contributed by atoms with Gasteiger partial charge in [-0.25, -0.2) is 4.68 Å². The number of benzene rings is 1. The number of aromatic nitrogens is 2. The second-order valence-electron chi connectivity index (χ2n) is 7.22. The maximum atomic E-state index is 13.1. The highest BCUT2D eigenvalue weighted by Gasteiger charge is 2.33. The summed E-state index contributed by atoms with van der Waals surface area (Å²) < 4.78 is 1.06. The summed E-state index contributed by atoms with van der Waals surface area (Å²) in [6, 6.07) is 1.84. The van der Waals surface area contributed by atoms with Gasteiger partial charge < -0.3 is 5.11 Å². The predicted molar refractivity (Wildman–Crippen MR) is 98.9 cm³/mol. The molecule has 6 heteroatoms. The molecule has 1 N–H and O–H groups in total. The maximum absolute atomic E-state index is 13.1. The van der Waals surface area contributed by atoms with Crippen LogP contribution >= 0.6 is 11.8 Å². The van der Waals surface area contributed by atoms with Crippen molar-refractivity contribution >= 4 is 17.5 Å². The number of carbonyl (C=O) groups excluding carboxylic acids is 1. The predicted octanol–water partition coefficient (Wildman–Crippen LogP) is 3.11. The lowest BCUT2D eigenvalue weighted by Gasteiger charge is -2.35. The third-order valence-corrected chi connectivity index (χ3v) is 6.19. The Hall–Kier alpha value is -2.08. The molecule has 3 rings (SSSR count). The Morgan fingerprint density at radius 3 is 2.72 bits per heavy atom. The van der Waals surface area contributed by atoms with Crippen molar-refractivity contribution in [2.45, 2.75) is 44.4 Å². The zero-order chi connectivity index (χ0) is 18.5. The average Bonchev–Trinajstić information content (AvgIpc) is 2.53. The van der Waals surface area contributed by atoms with E-state index in [-0.39, 0.29) is 16.7 Å². The van der Waals surface area contributed by atoms with E-state index >= 15 is 0 Å². The summed E-state index contributed by atoms with van der Waals surface area (Å²) in [7, 11) is 1.46. The first-order chi connectivity index (χ1) is 11.6. The molecule has 0 aliphatic carbocycles. The van der Waals surface area contributed by atoms with E-state index < -0.39 is 11.3 Å². The fraction of sp³-hybridized carbons (Fsp3) is 0.421. The monoisotopic (exact) mass is 358 g/mol. The van der Waals surface area contributed by atoms with Gasteiger partial charge in [0.25, 0.3) is 5.56 Å². The largest absolute Gasteiger partial charge is 0.505 e. The van der Waals surface area contributed by atoms with E-state index in [1.165, 1.54) is 17.5 Å². The summed E-state index contributed by atoms with van der Waals surface area (Å²) in [6.07, 6.45) is 2.17. The van der Waals surface area contributed by atoms with Crippen LogP contribution < -0.4 is 5.56 Å². The standard InChI is InChI=1S/C19H22N2O3S/c1-10-8-12(11(2)15-17(10)25-7-6-19(15,3)4)16(23)14-13(22)9-20-21(5)18(14)24/h8-9,22H,6-7H2,1-5H3. The van der Waals surface area contributed by atoms with Crippen molar-refractivity contribution in [3.8, 4) is 5.75 Å². The van der Waals surface area contributed by atoms with Crippen molar-refractivity contribution in [3.05, 3.63) is 50.4 Å². The van der Waals surface area contributed by atoms with E-state index in [4.69, 9.17) is 0 Å². The molecule has 2 aromatic rings. The van der Waals surface area contributed by atoms with Crippen LogP contribution in [0.25, 0.3) is 0 Å². The van der Waals surface area contributed by atoms with Crippen LogP contribution in [0, 0.1) is 13.8 Å². The minimum absolute atomic E-state index is 0.0308. The molecule has 0 spiro atoms. The number of carbonyl (C=O) groups is 1. The zero-order valence-corrected chi connectivity index (χ0v) is 16.0. The highest BCUT2D eigenvalue weighted by molar-refractivity contribution is 7.99. The first-order valence-corrected chi connectivity index (χ1v) is 9.21. The molecule has 0 bridgehead atoms. The molecule has 1 aromatic carbocycles. The first-order valence-electron chi connectivity index (χ1n) is 8.22. The van der Waals surface area contributed by atoms with Gasteiger partial charge in [0.15, 0.2) is 5.75 Å². The number of rotatable bonds is 2. The van der Waals surface area contributed by atoms with E-state index in [2.05, 4.69) is 18.9 Å². The summed E-state index contributed by atoms with van der Waals surface area (Å²) >= 11 is 1.82. The minimum atomic E-state index is -0.589. The fourth-order valence-corrected chi connectivity index (χ4v) is 5.22. The van der Waals surface area contributed by atoms with Crippen LogP contribution in [-0.4, -0.2) is 26.4 Å². The van der Waals surface area contributed by atoms with E-state index in [0.717, 1.165) is 34.2 Å². The smallest absolute Gasteiger partial charge is 0.281 e. The molecule has 1 aliphatic rings. The van der Waals surface area contributed by atoms with Gasteiger partial charge in [-0.15, -0.1) is 11.8 Å². The zero-order valence-electron chi connectivity index (χ0n) is 15.1. The van der Waals surface area contributed by atoms with Gasteiger partial charge in [0.1, 0.15) is 5.56 Å². The van der Waals surface area contributed by atoms with Crippen LogP contribution in [0.15, 0.2) is 22.0 Å². The number of hydrogen-bond donors (Lipinski definition) is 1. The van der Waals surface area contributed by atoms with Gasteiger partial charge in [0.2, 0.25) is 5.78 Å². The second kappa shape index (κ2) is 6.02. The second-order valence-corrected chi connectivity index (χ2v) is 8.32. The lowest BCUT2D eigenvalue weighted by molar-refractivity contribution is 0.103. The molecular weight excluding hydrogens is 336 g/mol. The van der Waals surface area contributed by atoms with Gasteiger partial charge in [-0.1, -0.05) is 13.8 Å². The summed E-state index contributed by atoms with van der Waals surface area (Å²) in [6.45, 7) is 8.31. The van der Waals surface area contributed by atoms with Crippen molar-refractivity contribution in [2.75, 3.05) is 5.75 Å². The molecule has 0 amide bonds. The Kier molecular flexibility index (Phi) is 4.27. The molecule has 0 saturated carbocycles. The van der Waals surface area contributed by atoms with Crippen molar-refractivity contribution in [2.24, 2.45) is 7.05 Å². The van der Waals surface area contributed by atoms with Crippen LogP contribution in [0.4, 0.5) is 0 Å². The van der Waals surface area contributed by atoms with Crippen LogP contribution in [0.5, 0.6) is 5.75 Å². The SMILES string of the molecule is Cc1cc(C(=O)c2c(O)cnn(C)c2=O)c(C)c2c1SCCC2(C)C. The molecule has 25 heavy (non-hydrogen) atoms. The summed E-state index contributed by atoms with van der Waals surface area (Å²) in [5.74, 6) is 0.228. The molecule has 132 valence electrons. The molecule has 1 aromatic heterocycles. The van der Waals surface area contributed by atoms with Gasteiger partial charge in [0, 0.05) is 17.5 Å². The Morgan fingerprint density at radius 2 is 2.04 bits per heavy atom. The summed E-state index contributed by atoms with van der Waals surface area (Å²) in [5.41, 5.74) is 2.74. The topological polar surface area (TPSA) is 72.2 Å². The lowest BCUT2D eigenvalue weighted by atomic mass is 9.77. The van der Waals surface area contributed by atoms with Crippen molar-refractivity contribution < 1.29 is 9.90 Å². The summed E-state index contributed by atoms with van der Waals surface area (Å²) in [5, 5.41) is 13.8. The van der Waals surface area contributed by atoms with E-state index in [0.29, 0.717) is 5.56 Å². The van der Waals surface area contributed by atoms with Crippen LogP contribution in [0.3, 0.4) is 0 Å². The first kappa shape index (κ1) is 17.7. The van der Waals surface area contributed by atoms with Gasteiger partial charge in [-0.05, 0) is 54.2 Å². The normalized spacial score (nSPS) is 15.7. The number of aryl methyl sites for hydroxylation is 2. The highest BCUT2D eigenvalue weighted by atomic mass is 32.2. The lowest BCUT2D eigenvalue weighted by Crippen LogP contribution is -2.29. The average molecular weight is 358 g/mol. The van der Waals surface area contributed by atoms with Crippen molar-refractivity contribution in [3.63, 3.8) is 0 Å². The molecule has 1 aliphatic heterocycles. The fourth-order valence-electron chi connectivity index (χ4n) is 3.54. The Balaban J connectivity index is 2.27. The van der Waals surface area contributed by atoms with Crippen LogP contribution in [0.1, 0.15) is 52.9 Å². The molecule has 0 fully saturated rings. The number of hydrogen-bond acceptors (Lipinski definition) is 5. The van der Waals surface area contributed by atoms with Gasteiger partial charge in [0.05, 0.1) is 6.20 Å². The van der Waals surface area contributed by atoms with Crippen molar-refractivity contribution in [1.82, 2.24) is 9.78 Å². The van der Waals surface area contributed by atoms with E-state index in [1.807, 2.05) is 31.7 Å². The van der Waals surface area contributed by atoms with Gasteiger partial charge in [-0.3, -0.25) is 9.59 Å². The molecular formula is C19H22N2O3S. The van der Waals surface area contributed by atoms with E-state index in [9.17, 15) is 14.7 Å². The maximum Gasteiger partial charge on any atom is 0.281 e. The van der Waals surface area contributed by atoms with Gasteiger partial charge >= 0.3 is 0 Å². The Morgan fingerprint density at radius 1 is 1.36 bits per heavy atom. The van der Waals surface area contributed by atoms with Crippen LogP contribution in [-0.2, 0) is 12.5 Å². The third-order valence-electron chi connectivity index (χ3n) is 4.96. The third kappa shape index (κ3) is 2.78. The Labute approximate surface area is 151 Å². The number of thioether (sulfide) groups is 1. The highest BCUT2D eigenvalue weighted by Crippen LogP contribution is 2.45. The van der Waals surface area contributed by atoms with Gasteiger partial charge in [-0.2, -0.15) is 5.10 Å². The molecule has 0 saturated heterocycles. The number of fused-ring (bicyclic) bond motifs is 1. The molecule has 0 radical (unpaired) electrons. The van der Waals surface area contributed by atoms with Crippen LogP contribution in [0.2, 0.25) is 0 Å².